The van der Waals surface area contributed by atoms with Crippen LogP contribution in [-0.4, -0.2) is 36.6 Å². The van der Waals surface area contributed by atoms with E-state index in [1.807, 2.05) is 18.2 Å². The predicted molar refractivity (Wildman–Crippen MR) is 76.2 cm³/mol. The normalized spacial score (nSPS) is 17.3. The number of rotatable bonds is 5. The molecule has 0 amide bonds. The molecule has 1 fully saturated rings. The quantitative estimate of drug-likeness (QED) is 0.763. The first-order valence-corrected chi connectivity index (χ1v) is 7.28. The Kier molecular flexibility index (Phi) is 5.40. The fourth-order valence-electron chi connectivity index (χ4n) is 2.43. The average molecular weight is 261 g/mol. The maximum absolute atomic E-state index is 11.9. The summed E-state index contributed by atoms with van der Waals surface area (Å²) in [7, 11) is 0. The Hall–Kier alpha value is -1.35. The van der Waals surface area contributed by atoms with Crippen molar-refractivity contribution in [3.63, 3.8) is 0 Å². The monoisotopic (exact) mass is 261 g/mol. The van der Waals surface area contributed by atoms with E-state index in [4.69, 9.17) is 4.74 Å². The molecule has 1 aromatic rings. The molecule has 1 aromatic carbocycles. The molecule has 1 aliphatic heterocycles. The standard InChI is InChI=1S/C16H23NO2/c1-2-3-11-17-12-9-15(10-13-17)19-16(18)14-7-5-4-6-8-14/h4-8,15H,2-3,9-13H2,1H3. The van der Waals surface area contributed by atoms with Crippen LogP contribution >= 0.6 is 0 Å². The van der Waals surface area contributed by atoms with Crippen LogP contribution in [-0.2, 0) is 4.74 Å². The second kappa shape index (κ2) is 7.29. The minimum atomic E-state index is -0.187. The number of carbonyl (C=O) groups excluding carboxylic acids is 1. The van der Waals surface area contributed by atoms with E-state index < -0.39 is 0 Å². The summed E-state index contributed by atoms with van der Waals surface area (Å²) >= 11 is 0. The van der Waals surface area contributed by atoms with Crippen molar-refractivity contribution in [2.45, 2.75) is 38.7 Å². The van der Waals surface area contributed by atoms with Gasteiger partial charge in [-0.1, -0.05) is 31.5 Å². The highest BCUT2D eigenvalue weighted by Gasteiger charge is 2.22. The average Bonchev–Trinajstić information content (AvgIpc) is 2.47. The van der Waals surface area contributed by atoms with Gasteiger partial charge in [0.2, 0.25) is 0 Å². The van der Waals surface area contributed by atoms with Crippen LogP contribution in [0.4, 0.5) is 0 Å². The summed E-state index contributed by atoms with van der Waals surface area (Å²) < 4.78 is 5.56. The van der Waals surface area contributed by atoms with E-state index in [-0.39, 0.29) is 12.1 Å². The summed E-state index contributed by atoms with van der Waals surface area (Å²) in [6, 6.07) is 9.24. The van der Waals surface area contributed by atoms with Crippen LogP contribution in [0.1, 0.15) is 43.0 Å². The Morgan fingerprint density at radius 2 is 1.95 bits per heavy atom. The van der Waals surface area contributed by atoms with Gasteiger partial charge >= 0.3 is 5.97 Å². The first kappa shape index (κ1) is 14.1. The van der Waals surface area contributed by atoms with Gasteiger partial charge in [0, 0.05) is 13.1 Å². The summed E-state index contributed by atoms with van der Waals surface area (Å²) in [5, 5.41) is 0. The van der Waals surface area contributed by atoms with Gasteiger partial charge in [-0.25, -0.2) is 4.79 Å². The second-order valence-electron chi connectivity index (χ2n) is 5.17. The zero-order valence-corrected chi connectivity index (χ0v) is 11.7. The molecule has 0 bridgehead atoms. The molecule has 0 radical (unpaired) electrons. The van der Waals surface area contributed by atoms with Crippen LogP contribution in [0.2, 0.25) is 0 Å². The molecule has 2 rings (SSSR count). The molecular formula is C16H23NO2. The van der Waals surface area contributed by atoms with Gasteiger partial charge in [0.25, 0.3) is 0 Å². The highest BCUT2D eigenvalue weighted by molar-refractivity contribution is 5.89. The van der Waals surface area contributed by atoms with Crippen molar-refractivity contribution >= 4 is 5.97 Å². The lowest BCUT2D eigenvalue weighted by Gasteiger charge is -2.31. The third kappa shape index (κ3) is 4.35. The first-order chi connectivity index (χ1) is 9.29. The molecule has 0 aliphatic carbocycles. The fraction of sp³-hybridized carbons (Fsp3) is 0.562. The van der Waals surface area contributed by atoms with E-state index in [9.17, 15) is 4.79 Å². The molecule has 3 nitrogen and oxygen atoms in total. The van der Waals surface area contributed by atoms with Crippen LogP contribution in [0.5, 0.6) is 0 Å². The number of hydrogen-bond acceptors (Lipinski definition) is 3. The van der Waals surface area contributed by atoms with Crippen LogP contribution in [0.25, 0.3) is 0 Å². The third-order valence-corrected chi connectivity index (χ3v) is 3.65. The van der Waals surface area contributed by atoms with Crippen molar-refractivity contribution in [1.29, 1.82) is 0 Å². The second-order valence-corrected chi connectivity index (χ2v) is 5.17. The van der Waals surface area contributed by atoms with Crippen molar-refractivity contribution in [3.8, 4) is 0 Å². The molecule has 0 spiro atoms. The highest BCUT2D eigenvalue weighted by Crippen LogP contribution is 2.16. The lowest BCUT2D eigenvalue weighted by atomic mass is 10.1. The Balaban J connectivity index is 1.75. The van der Waals surface area contributed by atoms with E-state index in [1.165, 1.54) is 19.4 Å². The lowest BCUT2D eigenvalue weighted by Crippen LogP contribution is -2.38. The molecule has 0 atom stereocenters. The molecule has 19 heavy (non-hydrogen) atoms. The van der Waals surface area contributed by atoms with Crippen molar-refractivity contribution < 1.29 is 9.53 Å². The molecule has 0 N–H and O–H groups in total. The van der Waals surface area contributed by atoms with Gasteiger partial charge < -0.3 is 9.64 Å². The minimum absolute atomic E-state index is 0.0885. The van der Waals surface area contributed by atoms with Crippen molar-refractivity contribution in [2.24, 2.45) is 0 Å². The minimum Gasteiger partial charge on any atom is -0.459 e. The molecule has 1 saturated heterocycles. The number of hydrogen-bond donors (Lipinski definition) is 0. The Morgan fingerprint density at radius 3 is 2.58 bits per heavy atom. The zero-order valence-electron chi connectivity index (χ0n) is 11.7. The van der Waals surface area contributed by atoms with E-state index in [0.29, 0.717) is 5.56 Å². The number of ether oxygens (including phenoxy) is 1. The largest absolute Gasteiger partial charge is 0.459 e. The van der Waals surface area contributed by atoms with Gasteiger partial charge in [-0.05, 0) is 37.9 Å². The van der Waals surface area contributed by atoms with E-state index in [1.54, 1.807) is 12.1 Å². The van der Waals surface area contributed by atoms with E-state index in [0.717, 1.165) is 25.9 Å². The van der Waals surface area contributed by atoms with E-state index in [2.05, 4.69) is 11.8 Å². The summed E-state index contributed by atoms with van der Waals surface area (Å²) in [6.45, 7) is 5.49. The first-order valence-electron chi connectivity index (χ1n) is 7.28. The molecule has 1 aliphatic rings. The predicted octanol–water partition coefficient (Wildman–Crippen LogP) is 3.11. The summed E-state index contributed by atoms with van der Waals surface area (Å²) in [5.41, 5.74) is 0.649. The molecule has 104 valence electrons. The SMILES string of the molecule is CCCCN1CCC(OC(=O)c2ccccc2)CC1. The molecule has 0 saturated carbocycles. The Bertz CT molecular complexity index is 383. The molecule has 0 aromatic heterocycles. The van der Waals surface area contributed by atoms with Crippen LogP contribution in [0, 0.1) is 0 Å². The van der Waals surface area contributed by atoms with Gasteiger partial charge in [-0.15, -0.1) is 0 Å². The number of piperidine rings is 1. The van der Waals surface area contributed by atoms with Gasteiger partial charge in [0.1, 0.15) is 6.10 Å². The van der Waals surface area contributed by atoms with Crippen LogP contribution < -0.4 is 0 Å². The van der Waals surface area contributed by atoms with Crippen molar-refractivity contribution in [3.05, 3.63) is 35.9 Å². The summed E-state index contributed by atoms with van der Waals surface area (Å²) in [4.78, 5) is 14.4. The Labute approximate surface area is 115 Å². The van der Waals surface area contributed by atoms with Gasteiger partial charge in [0.15, 0.2) is 0 Å². The van der Waals surface area contributed by atoms with Crippen LogP contribution in [0.3, 0.4) is 0 Å². The van der Waals surface area contributed by atoms with Crippen molar-refractivity contribution in [1.82, 2.24) is 4.90 Å². The molecule has 1 heterocycles. The number of esters is 1. The zero-order chi connectivity index (χ0) is 13.5. The summed E-state index contributed by atoms with van der Waals surface area (Å²) in [6.07, 6.45) is 4.51. The smallest absolute Gasteiger partial charge is 0.338 e. The van der Waals surface area contributed by atoms with E-state index >= 15 is 0 Å². The number of nitrogens with zero attached hydrogens (tertiary/aromatic N) is 1. The number of carbonyl (C=O) groups is 1. The summed E-state index contributed by atoms with van der Waals surface area (Å²) in [5.74, 6) is -0.187. The fourth-order valence-corrected chi connectivity index (χ4v) is 2.43. The molecule has 0 unspecified atom stereocenters. The van der Waals surface area contributed by atoms with Crippen molar-refractivity contribution in [2.75, 3.05) is 19.6 Å². The third-order valence-electron chi connectivity index (χ3n) is 3.65. The topological polar surface area (TPSA) is 29.5 Å². The Morgan fingerprint density at radius 1 is 1.26 bits per heavy atom. The molecule has 3 heteroatoms. The lowest BCUT2D eigenvalue weighted by molar-refractivity contribution is 0.0112. The molecular weight excluding hydrogens is 238 g/mol. The number of unbranched alkanes of at least 4 members (excludes halogenated alkanes) is 1. The maximum atomic E-state index is 11.9. The number of likely N-dealkylation sites (tertiary alicyclic amines) is 1. The number of benzene rings is 1. The highest BCUT2D eigenvalue weighted by atomic mass is 16.5. The van der Waals surface area contributed by atoms with Gasteiger partial charge in [-0.2, -0.15) is 0 Å². The maximum Gasteiger partial charge on any atom is 0.338 e. The van der Waals surface area contributed by atoms with Crippen LogP contribution in [0.15, 0.2) is 30.3 Å². The van der Waals surface area contributed by atoms with Gasteiger partial charge in [0.05, 0.1) is 5.56 Å². The van der Waals surface area contributed by atoms with Gasteiger partial charge in [-0.3, -0.25) is 0 Å².